The van der Waals surface area contributed by atoms with Crippen molar-refractivity contribution in [1.82, 2.24) is 9.78 Å². The first kappa shape index (κ1) is 15.4. The molecule has 0 radical (unpaired) electrons. The van der Waals surface area contributed by atoms with E-state index in [1.165, 1.54) is 5.56 Å². The Kier molecular flexibility index (Phi) is 5.22. The molecule has 1 aromatic carbocycles. The number of hydrogen-bond donors (Lipinski definition) is 2. The second kappa shape index (κ2) is 7.13. The lowest BCUT2D eigenvalue weighted by Gasteiger charge is -2.14. The quantitative estimate of drug-likeness (QED) is 0.820. The van der Waals surface area contributed by atoms with Crippen LogP contribution in [0.5, 0.6) is 5.75 Å². The van der Waals surface area contributed by atoms with Crippen LogP contribution in [-0.2, 0) is 13.5 Å². The van der Waals surface area contributed by atoms with Gasteiger partial charge in [-0.3, -0.25) is 4.68 Å². The van der Waals surface area contributed by atoms with E-state index >= 15 is 0 Å². The molecule has 0 aliphatic heterocycles. The summed E-state index contributed by atoms with van der Waals surface area (Å²) in [4.78, 5) is 0. The van der Waals surface area contributed by atoms with Crippen LogP contribution in [-0.4, -0.2) is 34.1 Å². The van der Waals surface area contributed by atoms with Gasteiger partial charge >= 0.3 is 0 Å². The molecule has 0 aliphatic carbocycles. The molecule has 0 fully saturated rings. The third-order valence-electron chi connectivity index (χ3n) is 3.29. The first-order valence-corrected chi connectivity index (χ1v) is 7.22. The summed E-state index contributed by atoms with van der Waals surface area (Å²) < 4.78 is 7.37. The van der Waals surface area contributed by atoms with E-state index in [4.69, 9.17) is 4.74 Å². The smallest absolute Gasteiger partial charge is 0.119 e. The fraction of sp³-hybridized carbons (Fsp3) is 0.438. The lowest BCUT2D eigenvalue weighted by molar-refractivity contribution is 0.117. The molecular weight excluding hydrogens is 266 g/mol. The number of aliphatic hydroxyl groups excluding tert-OH is 1. The molecule has 1 unspecified atom stereocenters. The van der Waals surface area contributed by atoms with Crippen LogP contribution >= 0.6 is 0 Å². The van der Waals surface area contributed by atoms with Gasteiger partial charge in [-0.25, -0.2) is 0 Å². The average molecular weight is 289 g/mol. The predicted octanol–water partition coefficient (Wildman–Crippen LogP) is 2.14. The van der Waals surface area contributed by atoms with Crippen LogP contribution in [0.25, 0.3) is 0 Å². The summed E-state index contributed by atoms with van der Waals surface area (Å²) in [5, 5.41) is 17.4. The summed E-state index contributed by atoms with van der Waals surface area (Å²) >= 11 is 0. The molecular formula is C16H23N3O2. The number of nitrogens with zero attached hydrogens (tertiary/aromatic N) is 2. The second-order valence-electron chi connectivity index (χ2n) is 5.15. The second-order valence-corrected chi connectivity index (χ2v) is 5.15. The fourth-order valence-electron chi connectivity index (χ4n) is 2.11. The van der Waals surface area contributed by atoms with E-state index in [1.807, 2.05) is 38.4 Å². The third-order valence-corrected chi connectivity index (χ3v) is 3.29. The van der Waals surface area contributed by atoms with Crippen LogP contribution < -0.4 is 10.1 Å². The molecule has 5 heteroatoms. The minimum Gasteiger partial charge on any atom is -0.491 e. The summed E-state index contributed by atoms with van der Waals surface area (Å²) in [6.45, 7) is 4.73. The molecule has 5 nitrogen and oxygen atoms in total. The minimum atomic E-state index is -0.574. The minimum absolute atomic E-state index is 0.263. The maximum atomic E-state index is 9.98. The highest BCUT2D eigenvalue weighted by Gasteiger charge is 2.08. The number of aliphatic hydroxyl groups is 1. The van der Waals surface area contributed by atoms with Crippen molar-refractivity contribution in [3.63, 3.8) is 0 Å². The number of benzene rings is 1. The van der Waals surface area contributed by atoms with Crippen molar-refractivity contribution in [3.8, 4) is 5.75 Å². The van der Waals surface area contributed by atoms with E-state index < -0.39 is 6.10 Å². The number of anilines is 1. The number of hydrogen-bond acceptors (Lipinski definition) is 4. The van der Waals surface area contributed by atoms with E-state index in [-0.39, 0.29) is 6.61 Å². The number of rotatable bonds is 7. The van der Waals surface area contributed by atoms with Crippen LogP contribution in [0, 0.1) is 6.92 Å². The molecule has 0 saturated carbocycles. The molecule has 1 atom stereocenters. The molecule has 0 spiro atoms. The van der Waals surface area contributed by atoms with E-state index in [9.17, 15) is 5.11 Å². The van der Waals surface area contributed by atoms with Crippen LogP contribution in [0.15, 0.2) is 30.5 Å². The van der Waals surface area contributed by atoms with E-state index in [0.717, 1.165) is 23.6 Å². The zero-order valence-corrected chi connectivity index (χ0v) is 12.8. The number of aryl methyl sites for hydroxylation is 3. The molecule has 0 amide bonds. The Bertz CT molecular complexity index is 581. The molecule has 2 aromatic rings. The van der Waals surface area contributed by atoms with Gasteiger partial charge in [-0.15, -0.1) is 0 Å². The van der Waals surface area contributed by atoms with Gasteiger partial charge in [0.05, 0.1) is 11.4 Å². The SMILES string of the molecule is CCc1cccc(OCC(O)CNc2cn(C)nc2C)c1. The van der Waals surface area contributed by atoms with Crippen molar-refractivity contribution in [2.24, 2.45) is 7.05 Å². The monoisotopic (exact) mass is 289 g/mol. The van der Waals surface area contributed by atoms with Gasteiger partial charge in [-0.05, 0) is 31.0 Å². The van der Waals surface area contributed by atoms with E-state index in [0.29, 0.717) is 6.54 Å². The van der Waals surface area contributed by atoms with E-state index in [1.54, 1.807) is 4.68 Å². The maximum Gasteiger partial charge on any atom is 0.119 e. The first-order chi connectivity index (χ1) is 10.1. The molecule has 1 heterocycles. The van der Waals surface area contributed by atoms with Gasteiger partial charge in [0.25, 0.3) is 0 Å². The van der Waals surface area contributed by atoms with Crippen LogP contribution in [0.4, 0.5) is 5.69 Å². The Morgan fingerprint density at radius 2 is 2.24 bits per heavy atom. The van der Waals surface area contributed by atoms with Gasteiger partial charge in [0.1, 0.15) is 18.5 Å². The Labute approximate surface area is 125 Å². The Morgan fingerprint density at radius 3 is 2.90 bits per heavy atom. The van der Waals surface area contributed by atoms with Crippen LogP contribution in [0.3, 0.4) is 0 Å². The highest BCUT2D eigenvalue weighted by atomic mass is 16.5. The molecule has 114 valence electrons. The summed E-state index contributed by atoms with van der Waals surface area (Å²) in [6, 6.07) is 7.95. The number of nitrogens with one attached hydrogen (secondary N) is 1. The van der Waals surface area contributed by atoms with E-state index in [2.05, 4.69) is 23.4 Å². The van der Waals surface area contributed by atoms with Crippen molar-refractivity contribution < 1.29 is 9.84 Å². The van der Waals surface area contributed by atoms with Crippen LogP contribution in [0.1, 0.15) is 18.2 Å². The standard InChI is InChI=1S/C16H23N3O2/c1-4-13-6-5-7-15(8-13)21-11-14(20)9-17-16-10-19(3)18-12(16)2/h5-8,10,14,17,20H,4,9,11H2,1-3H3. The normalized spacial score (nSPS) is 12.2. The fourth-order valence-corrected chi connectivity index (χ4v) is 2.11. The van der Waals surface area contributed by atoms with Gasteiger partial charge in [-0.2, -0.15) is 5.10 Å². The third kappa shape index (κ3) is 4.49. The molecule has 2 rings (SSSR count). The highest BCUT2D eigenvalue weighted by molar-refractivity contribution is 5.45. The zero-order chi connectivity index (χ0) is 15.2. The van der Waals surface area contributed by atoms with Gasteiger partial charge in [-0.1, -0.05) is 19.1 Å². The van der Waals surface area contributed by atoms with Gasteiger partial charge in [0.2, 0.25) is 0 Å². The summed E-state index contributed by atoms with van der Waals surface area (Å²) in [7, 11) is 1.87. The number of ether oxygens (including phenoxy) is 1. The molecule has 21 heavy (non-hydrogen) atoms. The Hall–Kier alpha value is -2.01. The van der Waals surface area contributed by atoms with Crippen molar-refractivity contribution in [2.45, 2.75) is 26.4 Å². The largest absolute Gasteiger partial charge is 0.491 e. The Morgan fingerprint density at radius 1 is 1.43 bits per heavy atom. The zero-order valence-electron chi connectivity index (χ0n) is 12.8. The van der Waals surface area contributed by atoms with Crippen LogP contribution in [0.2, 0.25) is 0 Å². The Balaban J connectivity index is 1.79. The summed E-state index contributed by atoms with van der Waals surface area (Å²) in [5.41, 5.74) is 3.08. The molecule has 0 saturated heterocycles. The lowest BCUT2D eigenvalue weighted by Crippen LogP contribution is -2.26. The first-order valence-electron chi connectivity index (χ1n) is 7.22. The molecule has 0 aliphatic rings. The van der Waals surface area contributed by atoms with Crippen molar-refractivity contribution in [2.75, 3.05) is 18.5 Å². The molecule has 2 N–H and O–H groups in total. The highest BCUT2D eigenvalue weighted by Crippen LogP contribution is 2.14. The maximum absolute atomic E-state index is 9.98. The van der Waals surface area contributed by atoms with Crippen molar-refractivity contribution in [1.29, 1.82) is 0 Å². The summed E-state index contributed by atoms with van der Waals surface area (Å²) in [5.74, 6) is 0.797. The van der Waals surface area contributed by atoms with Crippen molar-refractivity contribution >= 4 is 5.69 Å². The molecule has 0 bridgehead atoms. The van der Waals surface area contributed by atoms with Gasteiger partial charge in [0.15, 0.2) is 0 Å². The number of aromatic nitrogens is 2. The van der Waals surface area contributed by atoms with Crippen molar-refractivity contribution in [3.05, 3.63) is 41.7 Å². The summed E-state index contributed by atoms with van der Waals surface area (Å²) in [6.07, 6.45) is 2.30. The topological polar surface area (TPSA) is 59.3 Å². The average Bonchev–Trinajstić information content (AvgIpc) is 2.81. The molecule has 1 aromatic heterocycles. The van der Waals surface area contributed by atoms with Gasteiger partial charge in [0, 0.05) is 19.8 Å². The van der Waals surface area contributed by atoms with Gasteiger partial charge < -0.3 is 15.2 Å². The lowest BCUT2D eigenvalue weighted by atomic mass is 10.2. The predicted molar refractivity (Wildman–Crippen MR) is 83.8 cm³/mol.